The average Bonchev–Trinajstić information content (AvgIpc) is 2.24. The van der Waals surface area contributed by atoms with Gasteiger partial charge in [0.05, 0.1) is 0 Å². The Morgan fingerprint density at radius 1 is 1.12 bits per heavy atom. The van der Waals surface area contributed by atoms with E-state index in [2.05, 4.69) is 37.0 Å². The minimum Gasteiger partial charge on any atom is -0.244 e. The second kappa shape index (κ2) is 4.89. The van der Waals surface area contributed by atoms with E-state index in [1.54, 1.807) is 18.0 Å². The molecule has 0 radical (unpaired) electrons. The summed E-state index contributed by atoms with van der Waals surface area (Å²) in [5.41, 5.74) is 2.55. The van der Waals surface area contributed by atoms with Crippen LogP contribution in [0.25, 0.3) is 0 Å². The highest BCUT2D eigenvalue weighted by molar-refractivity contribution is 7.99. The maximum atomic E-state index is 5.86. The van der Waals surface area contributed by atoms with Crippen molar-refractivity contribution < 1.29 is 0 Å². The lowest BCUT2D eigenvalue weighted by molar-refractivity contribution is 1.23. The van der Waals surface area contributed by atoms with Gasteiger partial charge in [0.25, 0.3) is 0 Å². The first-order chi connectivity index (χ1) is 7.65. The van der Waals surface area contributed by atoms with E-state index >= 15 is 0 Å². The van der Waals surface area contributed by atoms with Gasteiger partial charge in [-0.15, -0.1) is 0 Å². The van der Waals surface area contributed by atoms with Gasteiger partial charge in [0, 0.05) is 16.0 Å². The monoisotopic (exact) mass is 249 g/mol. The number of nitrogens with zero attached hydrogens (tertiary/aromatic N) is 1. The van der Waals surface area contributed by atoms with Gasteiger partial charge in [-0.3, -0.25) is 0 Å². The molecule has 0 saturated heterocycles. The van der Waals surface area contributed by atoms with E-state index in [-0.39, 0.29) is 0 Å². The molecule has 1 aromatic carbocycles. The van der Waals surface area contributed by atoms with Crippen molar-refractivity contribution >= 4 is 23.4 Å². The Hall–Kier alpha value is -0.990. The molecule has 82 valence electrons. The van der Waals surface area contributed by atoms with Crippen molar-refractivity contribution in [3.05, 3.63) is 52.8 Å². The van der Waals surface area contributed by atoms with Crippen LogP contribution < -0.4 is 0 Å². The van der Waals surface area contributed by atoms with Gasteiger partial charge < -0.3 is 0 Å². The van der Waals surface area contributed by atoms with Gasteiger partial charge in [-0.25, -0.2) is 4.98 Å². The van der Waals surface area contributed by atoms with Crippen LogP contribution in [-0.2, 0) is 0 Å². The van der Waals surface area contributed by atoms with Crippen LogP contribution in [0.15, 0.2) is 46.3 Å². The number of hydrogen-bond donors (Lipinski definition) is 0. The lowest BCUT2D eigenvalue weighted by Crippen LogP contribution is -1.82. The third-order valence-corrected chi connectivity index (χ3v) is 3.63. The fourth-order valence-corrected chi connectivity index (χ4v) is 2.66. The molecule has 0 atom stereocenters. The van der Waals surface area contributed by atoms with Crippen LogP contribution in [0.3, 0.4) is 0 Å². The number of hydrogen-bond acceptors (Lipinski definition) is 2. The molecular formula is C13H12ClNS. The summed E-state index contributed by atoms with van der Waals surface area (Å²) in [6, 6.07) is 10.3. The maximum absolute atomic E-state index is 5.86. The summed E-state index contributed by atoms with van der Waals surface area (Å²) in [6.07, 6.45) is 1.73. The van der Waals surface area contributed by atoms with E-state index in [0.29, 0.717) is 5.15 Å². The number of aromatic nitrogens is 1. The number of pyridine rings is 1. The SMILES string of the molecule is Cc1ccc(C)c(Sc2ccnc(Cl)c2)c1. The van der Waals surface area contributed by atoms with Gasteiger partial charge in [0.2, 0.25) is 0 Å². The van der Waals surface area contributed by atoms with E-state index in [9.17, 15) is 0 Å². The van der Waals surface area contributed by atoms with E-state index in [1.807, 2.05) is 12.1 Å². The predicted octanol–water partition coefficient (Wildman–Crippen LogP) is 4.50. The summed E-state index contributed by atoms with van der Waals surface area (Å²) in [7, 11) is 0. The molecule has 2 rings (SSSR count). The van der Waals surface area contributed by atoms with Crippen LogP contribution >= 0.6 is 23.4 Å². The smallest absolute Gasteiger partial charge is 0.130 e. The molecule has 0 amide bonds. The van der Waals surface area contributed by atoms with E-state index < -0.39 is 0 Å². The molecule has 16 heavy (non-hydrogen) atoms. The van der Waals surface area contributed by atoms with Crippen LogP contribution in [0.5, 0.6) is 0 Å². The molecule has 0 aliphatic carbocycles. The van der Waals surface area contributed by atoms with Crippen LogP contribution in [-0.4, -0.2) is 4.98 Å². The van der Waals surface area contributed by atoms with E-state index in [0.717, 1.165) is 4.90 Å². The van der Waals surface area contributed by atoms with Crippen molar-refractivity contribution in [2.75, 3.05) is 0 Å². The van der Waals surface area contributed by atoms with Crippen LogP contribution in [0.1, 0.15) is 11.1 Å². The first-order valence-electron chi connectivity index (χ1n) is 5.02. The molecule has 0 aliphatic heterocycles. The molecule has 1 nitrogen and oxygen atoms in total. The molecule has 0 N–H and O–H groups in total. The van der Waals surface area contributed by atoms with Crippen molar-refractivity contribution in [2.24, 2.45) is 0 Å². The lowest BCUT2D eigenvalue weighted by Gasteiger charge is -2.06. The molecule has 3 heteroatoms. The highest BCUT2D eigenvalue weighted by atomic mass is 35.5. The van der Waals surface area contributed by atoms with E-state index in [1.165, 1.54) is 16.0 Å². The van der Waals surface area contributed by atoms with Crippen molar-refractivity contribution in [2.45, 2.75) is 23.6 Å². The summed E-state index contributed by atoms with van der Waals surface area (Å²) >= 11 is 7.58. The third kappa shape index (κ3) is 2.77. The zero-order valence-corrected chi connectivity index (χ0v) is 10.8. The second-order valence-electron chi connectivity index (χ2n) is 3.69. The summed E-state index contributed by atoms with van der Waals surface area (Å²) in [5.74, 6) is 0. The molecular weight excluding hydrogens is 238 g/mol. The van der Waals surface area contributed by atoms with Crippen molar-refractivity contribution in [3.63, 3.8) is 0 Å². The van der Waals surface area contributed by atoms with Gasteiger partial charge in [-0.2, -0.15) is 0 Å². The van der Waals surface area contributed by atoms with Crippen molar-refractivity contribution in [1.82, 2.24) is 4.98 Å². The Morgan fingerprint density at radius 2 is 1.94 bits per heavy atom. The lowest BCUT2D eigenvalue weighted by atomic mass is 10.2. The minimum absolute atomic E-state index is 0.537. The maximum Gasteiger partial charge on any atom is 0.130 e. The number of halogens is 1. The molecule has 0 aliphatic rings. The topological polar surface area (TPSA) is 12.9 Å². The second-order valence-corrected chi connectivity index (χ2v) is 5.19. The van der Waals surface area contributed by atoms with Gasteiger partial charge >= 0.3 is 0 Å². The van der Waals surface area contributed by atoms with Crippen molar-refractivity contribution in [3.8, 4) is 0 Å². The van der Waals surface area contributed by atoms with Gasteiger partial charge in [0.1, 0.15) is 5.15 Å². The molecule has 2 aromatic rings. The first kappa shape index (κ1) is 11.5. The Bertz CT molecular complexity index is 511. The van der Waals surface area contributed by atoms with E-state index in [4.69, 9.17) is 11.6 Å². The Kier molecular flexibility index (Phi) is 3.52. The molecule has 0 unspecified atom stereocenters. The zero-order valence-electron chi connectivity index (χ0n) is 9.20. The molecule has 0 bridgehead atoms. The molecule has 0 spiro atoms. The first-order valence-corrected chi connectivity index (χ1v) is 6.21. The number of rotatable bonds is 2. The van der Waals surface area contributed by atoms with Crippen LogP contribution in [0.4, 0.5) is 0 Å². The fourth-order valence-electron chi connectivity index (χ4n) is 1.39. The minimum atomic E-state index is 0.537. The quantitative estimate of drug-likeness (QED) is 0.727. The number of aryl methyl sites for hydroxylation is 2. The molecule has 1 aromatic heterocycles. The largest absolute Gasteiger partial charge is 0.244 e. The Labute approximate surface area is 105 Å². The predicted molar refractivity (Wildman–Crippen MR) is 69.3 cm³/mol. The fraction of sp³-hybridized carbons (Fsp3) is 0.154. The normalized spacial score (nSPS) is 10.4. The highest BCUT2D eigenvalue weighted by Crippen LogP contribution is 2.31. The molecule has 0 saturated carbocycles. The third-order valence-electron chi connectivity index (χ3n) is 2.27. The van der Waals surface area contributed by atoms with Crippen LogP contribution in [0.2, 0.25) is 5.15 Å². The van der Waals surface area contributed by atoms with Gasteiger partial charge in [-0.05, 0) is 43.2 Å². The van der Waals surface area contributed by atoms with Gasteiger partial charge in [-0.1, -0.05) is 35.5 Å². The summed E-state index contributed by atoms with van der Waals surface area (Å²) in [6.45, 7) is 4.22. The summed E-state index contributed by atoms with van der Waals surface area (Å²) < 4.78 is 0. The van der Waals surface area contributed by atoms with Crippen LogP contribution in [0, 0.1) is 13.8 Å². The summed E-state index contributed by atoms with van der Waals surface area (Å²) in [4.78, 5) is 6.36. The Balaban J connectivity index is 2.30. The summed E-state index contributed by atoms with van der Waals surface area (Å²) in [5, 5.41) is 0.537. The molecule has 1 heterocycles. The highest BCUT2D eigenvalue weighted by Gasteiger charge is 2.02. The standard InChI is InChI=1S/C13H12ClNS/c1-9-3-4-10(2)12(7-9)16-11-5-6-15-13(14)8-11/h3-8H,1-2H3. The molecule has 0 fully saturated rings. The zero-order chi connectivity index (χ0) is 11.5. The van der Waals surface area contributed by atoms with Crippen molar-refractivity contribution in [1.29, 1.82) is 0 Å². The Morgan fingerprint density at radius 3 is 2.69 bits per heavy atom. The van der Waals surface area contributed by atoms with Gasteiger partial charge in [0.15, 0.2) is 0 Å². The average molecular weight is 250 g/mol. The number of benzene rings is 1.